The molecule has 1 amide bonds. The van der Waals surface area contributed by atoms with Crippen molar-refractivity contribution in [2.75, 3.05) is 11.9 Å². The van der Waals surface area contributed by atoms with Gasteiger partial charge < -0.3 is 10.1 Å². The van der Waals surface area contributed by atoms with Crippen molar-refractivity contribution in [2.45, 2.75) is 6.92 Å². The maximum Gasteiger partial charge on any atom is 0.255 e. The van der Waals surface area contributed by atoms with Gasteiger partial charge in [0.1, 0.15) is 11.8 Å². The lowest BCUT2D eigenvalue weighted by Gasteiger charge is -2.09. The first-order valence-electron chi connectivity index (χ1n) is 6.27. The fourth-order valence-electron chi connectivity index (χ4n) is 1.83. The number of halogens is 1. The number of hydrogen-bond acceptors (Lipinski definition) is 3. The van der Waals surface area contributed by atoms with Gasteiger partial charge in [0.05, 0.1) is 0 Å². The van der Waals surface area contributed by atoms with Crippen LogP contribution >= 0.6 is 11.6 Å². The third-order valence-electron chi connectivity index (χ3n) is 2.85. The van der Waals surface area contributed by atoms with Gasteiger partial charge in [-0.25, -0.2) is 0 Å². The largest absolute Gasteiger partial charge is 0.479 e. The van der Waals surface area contributed by atoms with E-state index in [4.69, 9.17) is 21.6 Å². The van der Waals surface area contributed by atoms with Crippen LogP contribution in [0.1, 0.15) is 15.9 Å². The molecule has 0 radical (unpaired) electrons. The summed E-state index contributed by atoms with van der Waals surface area (Å²) in [4.78, 5) is 12.2. The van der Waals surface area contributed by atoms with E-state index in [9.17, 15) is 4.79 Å². The van der Waals surface area contributed by atoms with Gasteiger partial charge in [-0.05, 0) is 55.0 Å². The fraction of sp³-hybridized carbons (Fsp3) is 0.125. The predicted molar refractivity (Wildman–Crippen MR) is 81.7 cm³/mol. The summed E-state index contributed by atoms with van der Waals surface area (Å²) >= 11 is 5.87. The molecule has 0 atom stereocenters. The molecule has 21 heavy (non-hydrogen) atoms. The van der Waals surface area contributed by atoms with Gasteiger partial charge in [0.25, 0.3) is 5.91 Å². The Kier molecular flexibility index (Phi) is 4.81. The molecule has 4 nitrogen and oxygen atoms in total. The normalized spacial score (nSPS) is 9.76. The number of amides is 1. The molecule has 0 saturated carbocycles. The third kappa shape index (κ3) is 3.98. The number of ether oxygens (including phenoxy) is 1. The van der Waals surface area contributed by atoms with Crippen molar-refractivity contribution in [3.8, 4) is 11.8 Å². The van der Waals surface area contributed by atoms with Crippen molar-refractivity contribution < 1.29 is 9.53 Å². The van der Waals surface area contributed by atoms with Crippen LogP contribution < -0.4 is 10.1 Å². The zero-order valence-corrected chi connectivity index (χ0v) is 12.1. The van der Waals surface area contributed by atoms with Crippen molar-refractivity contribution >= 4 is 23.2 Å². The first kappa shape index (κ1) is 14.9. The molecule has 0 aliphatic rings. The van der Waals surface area contributed by atoms with Crippen molar-refractivity contribution in [1.29, 1.82) is 5.26 Å². The number of anilines is 1. The number of nitrogens with one attached hydrogen (secondary N) is 1. The molecular weight excluding hydrogens is 288 g/mol. The lowest BCUT2D eigenvalue weighted by Crippen LogP contribution is -2.13. The molecule has 0 spiro atoms. The number of nitrogens with zero attached hydrogens (tertiary/aromatic N) is 1. The highest BCUT2D eigenvalue weighted by Gasteiger charge is 2.09. The summed E-state index contributed by atoms with van der Waals surface area (Å²) in [7, 11) is 0. The molecule has 2 aromatic rings. The molecule has 1 N–H and O–H groups in total. The van der Waals surface area contributed by atoms with E-state index in [0.717, 1.165) is 5.56 Å². The van der Waals surface area contributed by atoms with Crippen LogP contribution in [0.2, 0.25) is 5.02 Å². The Bertz CT molecular complexity index is 690. The molecule has 0 aliphatic heterocycles. The van der Waals surface area contributed by atoms with E-state index >= 15 is 0 Å². The minimum absolute atomic E-state index is 0.00429. The zero-order chi connectivity index (χ0) is 15.2. The Morgan fingerprint density at radius 2 is 2.00 bits per heavy atom. The second-order valence-electron chi connectivity index (χ2n) is 4.38. The lowest BCUT2D eigenvalue weighted by molar-refractivity contribution is 0.102. The maximum absolute atomic E-state index is 12.2. The molecule has 0 aromatic heterocycles. The average Bonchev–Trinajstić information content (AvgIpc) is 2.46. The van der Waals surface area contributed by atoms with E-state index in [1.54, 1.807) is 42.5 Å². The Labute approximate surface area is 127 Å². The Morgan fingerprint density at radius 3 is 2.62 bits per heavy atom. The summed E-state index contributed by atoms with van der Waals surface area (Å²) < 4.78 is 5.14. The van der Waals surface area contributed by atoms with Gasteiger partial charge >= 0.3 is 0 Å². The van der Waals surface area contributed by atoms with Gasteiger partial charge in [-0.2, -0.15) is 5.26 Å². The number of nitriles is 1. The molecule has 106 valence electrons. The van der Waals surface area contributed by atoms with Crippen LogP contribution in [0.15, 0.2) is 42.5 Å². The highest BCUT2D eigenvalue weighted by atomic mass is 35.5. The summed E-state index contributed by atoms with van der Waals surface area (Å²) in [6.07, 6.45) is 0. The summed E-state index contributed by atoms with van der Waals surface area (Å²) in [6, 6.07) is 13.8. The van der Waals surface area contributed by atoms with E-state index < -0.39 is 0 Å². The van der Waals surface area contributed by atoms with Gasteiger partial charge in [-0.1, -0.05) is 11.6 Å². The molecule has 0 saturated heterocycles. The molecular formula is C16H13ClN2O2. The Morgan fingerprint density at radius 1 is 1.29 bits per heavy atom. The van der Waals surface area contributed by atoms with E-state index in [-0.39, 0.29) is 12.5 Å². The maximum atomic E-state index is 12.2. The first-order valence-corrected chi connectivity index (χ1v) is 6.65. The van der Waals surface area contributed by atoms with E-state index in [0.29, 0.717) is 22.0 Å². The lowest BCUT2D eigenvalue weighted by atomic mass is 10.1. The van der Waals surface area contributed by atoms with Crippen LogP contribution in [0.25, 0.3) is 0 Å². The number of hydrogen-bond donors (Lipinski definition) is 1. The molecule has 0 fully saturated rings. The first-order chi connectivity index (χ1) is 10.1. The second-order valence-corrected chi connectivity index (χ2v) is 4.82. The molecule has 0 heterocycles. The number of carbonyl (C=O) groups is 1. The quantitative estimate of drug-likeness (QED) is 0.934. The topological polar surface area (TPSA) is 62.1 Å². The molecule has 0 aliphatic carbocycles. The monoisotopic (exact) mass is 300 g/mol. The third-order valence-corrected chi connectivity index (χ3v) is 3.08. The summed E-state index contributed by atoms with van der Waals surface area (Å²) in [5.41, 5.74) is 2.04. The summed E-state index contributed by atoms with van der Waals surface area (Å²) in [5.74, 6) is 0.382. The van der Waals surface area contributed by atoms with E-state index in [1.165, 1.54) is 0 Å². The molecule has 2 rings (SSSR count). The van der Waals surface area contributed by atoms with Crippen molar-refractivity contribution in [3.63, 3.8) is 0 Å². The number of carbonyl (C=O) groups excluding carboxylic acids is 1. The average molecular weight is 301 g/mol. The van der Waals surface area contributed by atoms with Crippen molar-refractivity contribution in [2.24, 2.45) is 0 Å². The van der Waals surface area contributed by atoms with Gasteiger partial charge in [-0.3, -0.25) is 4.79 Å². The summed E-state index contributed by atoms with van der Waals surface area (Å²) in [5, 5.41) is 11.8. The molecule has 2 aromatic carbocycles. The highest BCUT2D eigenvalue weighted by molar-refractivity contribution is 6.30. The molecule has 5 heteroatoms. The fourth-order valence-corrected chi connectivity index (χ4v) is 2.06. The number of benzene rings is 2. The number of aryl methyl sites for hydroxylation is 1. The SMILES string of the molecule is Cc1cc(Cl)ccc1C(=O)Nc1ccc(OCC#N)cc1. The standard InChI is InChI=1S/C16H13ClN2O2/c1-11-10-12(17)2-7-15(11)16(20)19-13-3-5-14(6-4-13)21-9-8-18/h2-7,10H,9H2,1H3,(H,19,20). The smallest absolute Gasteiger partial charge is 0.255 e. The summed E-state index contributed by atoms with van der Waals surface area (Å²) in [6.45, 7) is 1.83. The minimum Gasteiger partial charge on any atom is -0.479 e. The van der Waals surface area contributed by atoms with Crippen LogP contribution in [-0.2, 0) is 0 Å². The number of rotatable bonds is 4. The Hall–Kier alpha value is -2.51. The van der Waals surface area contributed by atoms with Gasteiger partial charge in [0.15, 0.2) is 6.61 Å². The zero-order valence-electron chi connectivity index (χ0n) is 11.4. The van der Waals surface area contributed by atoms with E-state index in [1.807, 2.05) is 13.0 Å². The van der Waals surface area contributed by atoms with Crippen LogP contribution in [0.4, 0.5) is 5.69 Å². The van der Waals surface area contributed by atoms with Gasteiger partial charge in [0, 0.05) is 16.3 Å². The van der Waals surface area contributed by atoms with Crippen LogP contribution in [-0.4, -0.2) is 12.5 Å². The highest BCUT2D eigenvalue weighted by Crippen LogP contribution is 2.19. The minimum atomic E-state index is -0.199. The predicted octanol–water partition coefficient (Wildman–Crippen LogP) is 3.80. The van der Waals surface area contributed by atoms with Crippen LogP contribution in [0.5, 0.6) is 5.75 Å². The van der Waals surface area contributed by atoms with Gasteiger partial charge in [-0.15, -0.1) is 0 Å². The molecule has 0 unspecified atom stereocenters. The Balaban J connectivity index is 2.07. The van der Waals surface area contributed by atoms with Crippen molar-refractivity contribution in [1.82, 2.24) is 0 Å². The second kappa shape index (κ2) is 6.78. The van der Waals surface area contributed by atoms with Gasteiger partial charge in [0.2, 0.25) is 0 Å². The van der Waals surface area contributed by atoms with Crippen LogP contribution in [0.3, 0.4) is 0 Å². The van der Waals surface area contributed by atoms with E-state index in [2.05, 4.69) is 5.32 Å². The van der Waals surface area contributed by atoms with Crippen LogP contribution in [0, 0.1) is 18.3 Å². The van der Waals surface area contributed by atoms with Crippen molar-refractivity contribution in [3.05, 3.63) is 58.6 Å². The molecule has 0 bridgehead atoms.